The summed E-state index contributed by atoms with van der Waals surface area (Å²) < 4.78 is 29.0. The Balaban J connectivity index is 2.12. The number of hydrogen-bond acceptors (Lipinski definition) is 4. The normalized spacial score (nSPS) is 12.2. The van der Waals surface area contributed by atoms with Gasteiger partial charge in [-0.2, -0.15) is 0 Å². The summed E-state index contributed by atoms with van der Waals surface area (Å²) in [5.74, 6) is -0.918. The molecule has 214 valence electrons. The van der Waals surface area contributed by atoms with Crippen LogP contribution >= 0.6 is 23.2 Å². The predicted octanol–water partition coefficient (Wildman–Crippen LogP) is 6.14. The minimum Gasteiger partial charge on any atom is -0.352 e. The Bertz CT molecular complexity index is 1440. The van der Waals surface area contributed by atoms with E-state index in [1.807, 2.05) is 20.8 Å². The second kappa shape index (κ2) is 13.5. The van der Waals surface area contributed by atoms with E-state index in [4.69, 9.17) is 23.2 Å². The monoisotopic (exact) mass is 603 g/mol. The summed E-state index contributed by atoms with van der Waals surface area (Å²) in [4.78, 5) is 28.8. The third-order valence-electron chi connectivity index (χ3n) is 6.48. The molecule has 0 saturated carbocycles. The van der Waals surface area contributed by atoms with Crippen molar-refractivity contribution in [2.24, 2.45) is 0 Å². The van der Waals surface area contributed by atoms with Crippen LogP contribution in [0.3, 0.4) is 0 Å². The van der Waals surface area contributed by atoms with E-state index in [1.165, 1.54) is 17.0 Å². The van der Waals surface area contributed by atoms with Crippen molar-refractivity contribution in [2.75, 3.05) is 10.8 Å². The van der Waals surface area contributed by atoms with Crippen LogP contribution in [0.15, 0.2) is 71.6 Å². The number of halogens is 2. The summed E-state index contributed by atoms with van der Waals surface area (Å²) in [7, 11) is -4.15. The Hall–Kier alpha value is -3.07. The van der Waals surface area contributed by atoms with Crippen molar-refractivity contribution in [3.63, 3.8) is 0 Å². The Morgan fingerprint density at radius 1 is 0.900 bits per heavy atom. The van der Waals surface area contributed by atoms with Gasteiger partial charge < -0.3 is 10.2 Å². The molecule has 10 heteroatoms. The highest BCUT2D eigenvalue weighted by atomic mass is 35.5. The summed E-state index contributed by atoms with van der Waals surface area (Å²) in [6.07, 6.45) is 0.293. The van der Waals surface area contributed by atoms with Crippen LogP contribution in [0, 0.1) is 13.8 Å². The molecule has 0 bridgehead atoms. The zero-order valence-electron chi connectivity index (χ0n) is 23.3. The molecule has 2 amide bonds. The Morgan fingerprint density at radius 3 is 2.05 bits per heavy atom. The average molecular weight is 605 g/mol. The smallest absolute Gasteiger partial charge is 0.264 e. The summed E-state index contributed by atoms with van der Waals surface area (Å²) in [5.41, 5.74) is 2.42. The maximum Gasteiger partial charge on any atom is 0.264 e. The molecule has 0 aliphatic carbocycles. The van der Waals surface area contributed by atoms with E-state index in [-0.39, 0.29) is 23.4 Å². The van der Waals surface area contributed by atoms with Crippen molar-refractivity contribution in [2.45, 2.75) is 64.6 Å². The van der Waals surface area contributed by atoms with Gasteiger partial charge in [0.25, 0.3) is 10.0 Å². The second-order valence-corrected chi connectivity index (χ2v) is 12.6. The molecule has 0 fully saturated rings. The number of carbonyl (C=O) groups is 2. The summed E-state index contributed by atoms with van der Waals surface area (Å²) >= 11 is 12.9. The summed E-state index contributed by atoms with van der Waals surface area (Å²) in [6.45, 7) is 8.49. The Labute approximate surface area is 247 Å². The van der Waals surface area contributed by atoms with E-state index < -0.39 is 28.5 Å². The maximum absolute atomic E-state index is 14.1. The highest BCUT2D eigenvalue weighted by Gasteiger charge is 2.34. The van der Waals surface area contributed by atoms with Gasteiger partial charge in [0.1, 0.15) is 12.6 Å². The van der Waals surface area contributed by atoms with Crippen LogP contribution in [0.1, 0.15) is 43.9 Å². The molecule has 40 heavy (non-hydrogen) atoms. The Morgan fingerprint density at radius 2 is 1.50 bits per heavy atom. The fourth-order valence-electron chi connectivity index (χ4n) is 4.35. The number of anilines is 1. The van der Waals surface area contributed by atoms with E-state index >= 15 is 0 Å². The maximum atomic E-state index is 14.1. The number of carbonyl (C=O) groups excluding carboxylic acids is 2. The van der Waals surface area contributed by atoms with Gasteiger partial charge in [-0.3, -0.25) is 13.9 Å². The van der Waals surface area contributed by atoms with Gasteiger partial charge in [0.05, 0.1) is 10.6 Å². The first-order valence-electron chi connectivity index (χ1n) is 13.0. The van der Waals surface area contributed by atoms with Crippen LogP contribution in [-0.2, 0) is 26.2 Å². The van der Waals surface area contributed by atoms with E-state index in [9.17, 15) is 18.0 Å². The number of benzene rings is 3. The summed E-state index contributed by atoms with van der Waals surface area (Å²) in [5, 5.41) is 3.55. The van der Waals surface area contributed by atoms with E-state index in [0.29, 0.717) is 33.3 Å². The summed E-state index contributed by atoms with van der Waals surface area (Å²) in [6, 6.07) is 17.4. The number of sulfonamides is 1. The van der Waals surface area contributed by atoms with Crippen molar-refractivity contribution in [1.82, 2.24) is 10.2 Å². The molecule has 3 aromatic rings. The van der Waals surface area contributed by atoms with Crippen LogP contribution in [-0.4, -0.2) is 43.8 Å². The molecule has 3 rings (SSSR count). The fourth-order valence-corrected chi connectivity index (χ4v) is 6.34. The van der Waals surface area contributed by atoms with Gasteiger partial charge in [0, 0.05) is 28.2 Å². The molecule has 0 radical (unpaired) electrons. The third kappa shape index (κ3) is 7.36. The topological polar surface area (TPSA) is 86.8 Å². The van der Waals surface area contributed by atoms with Crippen molar-refractivity contribution in [3.05, 3.63) is 93.5 Å². The lowest BCUT2D eigenvalue weighted by atomic mass is 10.1. The molecule has 1 N–H and O–H groups in total. The lowest BCUT2D eigenvalue weighted by Gasteiger charge is -2.34. The number of nitrogens with zero attached hydrogens (tertiary/aromatic N) is 2. The number of para-hydroxylation sites is 1. The van der Waals surface area contributed by atoms with Crippen LogP contribution in [0.25, 0.3) is 0 Å². The fraction of sp³-hybridized carbons (Fsp3) is 0.333. The SMILES string of the molecule is CC[C@@H](C(=O)NC(C)C)N(Cc1c(Cl)cccc1Cl)C(=O)CN(c1ccccc1C)S(=O)(=O)c1ccc(C)cc1. The van der Waals surface area contributed by atoms with Gasteiger partial charge in [0.15, 0.2) is 0 Å². The molecular weight excluding hydrogens is 569 g/mol. The molecule has 0 unspecified atom stereocenters. The zero-order chi connectivity index (χ0) is 29.6. The van der Waals surface area contributed by atoms with Crippen molar-refractivity contribution >= 4 is 50.7 Å². The largest absolute Gasteiger partial charge is 0.352 e. The predicted molar refractivity (Wildman–Crippen MR) is 161 cm³/mol. The molecule has 0 aliphatic heterocycles. The molecule has 0 heterocycles. The molecule has 0 spiro atoms. The third-order valence-corrected chi connectivity index (χ3v) is 8.96. The van der Waals surface area contributed by atoms with Crippen molar-refractivity contribution < 1.29 is 18.0 Å². The highest BCUT2D eigenvalue weighted by Crippen LogP contribution is 2.30. The van der Waals surface area contributed by atoms with Gasteiger partial charge in [-0.25, -0.2) is 8.42 Å². The standard InChI is InChI=1S/C30H35Cl2N3O4S/c1-6-27(30(37)33-20(2)3)34(18-24-25(31)11-9-12-26(24)32)29(36)19-35(28-13-8-7-10-22(28)5)40(38,39)23-16-14-21(4)15-17-23/h7-17,20,27H,6,18-19H2,1-5H3,(H,33,37)/t27-/m0/s1. The zero-order valence-corrected chi connectivity index (χ0v) is 25.6. The van der Waals surface area contributed by atoms with E-state index in [0.717, 1.165) is 9.87 Å². The second-order valence-electron chi connectivity index (χ2n) is 9.92. The molecule has 0 saturated heterocycles. The minimum absolute atomic E-state index is 0.0550. The van der Waals surface area contributed by atoms with Gasteiger partial charge in [-0.15, -0.1) is 0 Å². The molecule has 7 nitrogen and oxygen atoms in total. The van der Waals surface area contributed by atoms with Crippen LogP contribution in [0.4, 0.5) is 5.69 Å². The van der Waals surface area contributed by atoms with Gasteiger partial charge in [-0.05, 0) is 70.0 Å². The van der Waals surface area contributed by atoms with Gasteiger partial charge in [-0.1, -0.05) is 72.1 Å². The lowest BCUT2D eigenvalue weighted by molar-refractivity contribution is -0.140. The van der Waals surface area contributed by atoms with Gasteiger partial charge >= 0.3 is 0 Å². The number of hydrogen-bond donors (Lipinski definition) is 1. The number of amides is 2. The van der Waals surface area contributed by atoms with Crippen LogP contribution in [0.2, 0.25) is 10.0 Å². The molecule has 1 atom stereocenters. The minimum atomic E-state index is -4.15. The van der Waals surface area contributed by atoms with Crippen LogP contribution < -0.4 is 9.62 Å². The highest BCUT2D eigenvalue weighted by molar-refractivity contribution is 7.92. The Kier molecular flexibility index (Phi) is 10.6. The first-order valence-corrected chi connectivity index (χ1v) is 15.2. The van der Waals surface area contributed by atoms with Crippen LogP contribution in [0.5, 0.6) is 0 Å². The molecular formula is C30H35Cl2N3O4S. The molecule has 0 aromatic heterocycles. The molecule has 3 aromatic carbocycles. The van der Waals surface area contributed by atoms with E-state index in [2.05, 4.69) is 5.32 Å². The van der Waals surface area contributed by atoms with Gasteiger partial charge in [0.2, 0.25) is 11.8 Å². The lowest BCUT2D eigenvalue weighted by Crippen LogP contribution is -2.53. The first kappa shape index (κ1) is 31.5. The van der Waals surface area contributed by atoms with Crippen molar-refractivity contribution in [1.29, 1.82) is 0 Å². The number of aryl methyl sites for hydroxylation is 2. The average Bonchev–Trinajstić information content (AvgIpc) is 2.89. The van der Waals surface area contributed by atoms with Crippen molar-refractivity contribution in [3.8, 4) is 0 Å². The molecule has 0 aliphatic rings. The number of rotatable bonds is 11. The van der Waals surface area contributed by atoms with E-state index in [1.54, 1.807) is 68.4 Å². The number of nitrogens with one attached hydrogen (secondary N) is 1. The first-order chi connectivity index (χ1) is 18.9. The quantitative estimate of drug-likeness (QED) is 0.285.